The molecule has 0 aliphatic rings. The molecule has 0 fully saturated rings. The number of ether oxygens (including phenoxy) is 2. The van der Waals surface area contributed by atoms with E-state index in [0.29, 0.717) is 13.2 Å². The van der Waals surface area contributed by atoms with E-state index in [2.05, 4.69) is 31.9 Å². The third-order valence-corrected chi connectivity index (χ3v) is 3.05. The molecular weight excluding hydrogens is 324 g/mol. The van der Waals surface area contributed by atoms with Crippen molar-refractivity contribution in [2.75, 3.05) is 13.2 Å². The summed E-state index contributed by atoms with van der Waals surface area (Å²) in [7, 11) is 0. The van der Waals surface area contributed by atoms with Gasteiger partial charge in [0.1, 0.15) is 0 Å². The smallest absolute Gasteiger partial charge is 0.175 e. The van der Waals surface area contributed by atoms with Crippen LogP contribution in [0.2, 0.25) is 0 Å². The van der Waals surface area contributed by atoms with Crippen LogP contribution in [0.1, 0.15) is 19.4 Å². The van der Waals surface area contributed by atoms with Crippen LogP contribution >= 0.6 is 31.9 Å². The molecule has 0 radical (unpaired) electrons. The van der Waals surface area contributed by atoms with Gasteiger partial charge in [-0.25, -0.2) is 0 Å². The van der Waals surface area contributed by atoms with Crippen LogP contribution in [0.15, 0.2) is 16.6 Å². The molecule has 0 saturated carbocycles. The average molecular weight is 338 g/mol. The summed E-state index contributed by atoms with van der Waals surface area (Å²) in [5.41, 5.74) is 1.16. The van der Waals surface area contributed by atoms with Gasteiger partial charge in [-0.05, 0) is 47.5 Å². The first-order chi connectivity index (χ1) is 7.22. The second-order valence-corrected chi connectivity index (χ2v) is 4.32. The molecule has 0 atom stereocenters. The Morgan fingerprint density at radius 3 is 2.33 bits per heavy atom. The Kier molecular flexibility index (Phi) is 5.47. The van der Waals surface area contributed by atoms with E-state index in [4.69, 9.17) is 9.47 Å². The van der Waals surface area contributed by atoms with Crippen molar-refractivity contribution in [1.29, 1.82) is 0 Å². The highest BCUT2D eigenvalue weighted by molar-refractivity contribution is 9.10. The third kappa shape index (κ3) is 3.38. The maximum Gasteiger partial charge on any atom is 0.175 e. The summed E-state index contributed by atoms with van der Waals surface area (Å²) >= 11 is 6.91. The Hall–Kier alpha value is -0.220. The van der Waals surface area contributed by atoms with E-state index >= 15 is 0 Å². The standard InChI is InChI=1S/C11H14Br2O2/c1-3-14-10-6-8(7-12)5-9(13)11(10)15-4-2/h5-6H,3-4,7H2,1-2H3. The van der Waals surface area contributed by atoms with Crippen LogP contribution in [-0.2, 0) is 5.33 Å². The predicted octanol–water partition coefficient (Wildman–Crippen LogP) is 4.14. The van der Waals surface area contributed by atoms with Crippen molar-refractivity contribution in [2.24, 2.45) is 0 Å². The summed E-state index contributed by atoms with van der Waals surface area (Å²) in [6, 6.07) is 4.02. The van der Waals surface area contributed by atoms with Crippen LogP contribution in [0.4, 0.5) is 0 Å². The van der Waals surface area contributed by atoms with Gasteiger partial charge < -0.3 is 9.47 Å². The number of alkyl halides is 1. The maximum absolute atomic E-state index is 5.54. The van der Waals surface area contributed by atoms with Gasteiger partial charge >= 0.3 is 0 Å². The van der Waals surface area contributed by atoms with Gasteiger partial charge in [-0.2, -0.15) is 0 Å². The molecule has 0 aliphatic carbocycles. The highest BCUT2D eigenvalue weighted by Gasteiger charge is 2.11. The lowest BCUT2D eigenvalue weighted by atomic mass is 10.2. The van der Waals surface area contributed by atoms with E-state index in [1.54, 1.807) is 0 Å². The fourth-order valence-electron chi connectivity index (χ4n) is 1.25. The van der Waals surface area contributed by atoms with Gasteiger partial charge in [0, 0.05) is 5.33 Å². The Morgan fingerprint density at radius 1 is 1.13 bits per heavy atom. The SMILES string of the molecule is CCOc1cc(CBr)cc(Br)c1OCC. The monoisotopic (exact) mass is 336 g/mol. The van der Waals surface area contributed by atoms with Crippen molar-refractivity contribution >= 4 is 31.9 Å². The molecule has 2 nitrogen and oxygen atoms in total. The second-order valence-electron chi connectivity index (χ2n) is 2.90. The molecule has 0 aromatic heterocycles. The van der Waals surface area contributed by atoms with Gasteiger partial charge in [-0.15, -0.1) is 0 Å². The van der Waals surface area contributed by atoms with Gasteiger partial charge in [0.25, 0.3) is 0 Å². The summed E-state index contributed by atoms with van der Waals surface area (Å²) in [4.78, 5) is 0. The Morgan fingerprint density at radius 2 is 1.80 bits per heavy atom. The van der Waals surface area contributed by atoms with Crippen molar-refractivity contribution < 1.29 is 9.47 Å². The van der Waals surface area contributed by atoms with E-state index in [0.717, 1.165) is 26.9 Å². The number of hydrogen-bond acceptors (Lipinski definition) is 2. The molecule has 84 valence electrons. The third-order valence-electron chi connectivity index (χ3n) is 1.81. The normalized spacial score (nSPS) is 10.1. The van der Waals surface area contributed by atoms with E-state index < -0.39 is 0 Å². The summed E-state index contributed by atoms with van der Waals surface area (Å²) in [5.74, 6) is 1.58. The van der Waals surface area contributed by atoms with Gasteiger partial charge in [0.15, 0.2) is 11.5 Å². The average Bonchev–Trinajstić information content (AvgIpc) is 2.23. The Bertz CT molecular complexity index is 327. The van der Waals surface area contributed by atoms with Crippen LogP contribution < -0.4 is 9.47 Å². The number of hydrogen-bond donors (Lipinski definition) is 0. The molecule has 1 aromatic rings. The lowest BCUT2D eigenvalue weighted by Gasteiger charge is -2.13. The molecule has 0 bridgehead atoms. The highest BCUT2D eigenvalue weighted by atomic mass is 79.9. The second kappa shape index (κ2) is 6.38. The van der Waals surface area contributed by atoms with Gasteiger partial charge in [-0.3, -0.25) is 0 Å². The zero-order valence-electron chi connectivity index (χ0n) is 8.85. The minimum Gasteiger partial charge on any atom is -0.490 e. The first kappa shape index (κ1) is 12.8. The largest absolute Gasteiger partial charge is 0.490 e. The molecule has 15 heavy (non-hydrogen) atoms. The molecule has 0 N–H and O–H groups in total. The fourth-order valence-corrected chi connectivity index (χ4v) is 2.17. The molecule has 0 heterocycles. The summed E-state index contributed by atoms with van der Waals surface area (Å²) in [6.07, 6.45) is 0. The van der Waals surface area contributed by atoms with Crippen LogP contribution in [0, 0.1) is 0 Å². The zero-order valence-corrected chi connectivity index (χ0v) is 12.0. The van der Waals surface area contributed by atoms with Crippen LogP contribution in [0.5, 0.6) is 11.5 Å². The predicted molar refractivity (Wildman–Crippen MR) is 69.1 cm³/mol. The molecule has 0 aliphatic heterocycles. The van der Waals surface area contributed by atoms with E-state index in [-0.39, 0.29) is 0 Å². The quantitative estimate of drug-likeness (QED) is 0.752. The number of rotatable bonds is 5. The number of halogens is 2. The molecule has 1 aromatic carbocycles. The molecule has 0 unspecified atom stereocenters. The van der Waals surface area contributed by atoms with Crippen LogP contribution in [0.3, 0.4) is 0 Å². The Labute approximate surface area is 107 Å². The van der Waals surface area contributed by atoms with E-state index in [1.165, 1.54) is 0 Å². The summed E-state index contributed by atoms with van der Waals surface area (Å²) < 4.78 is 12.0. The minimum absolute atomic E-state index is 0.631. The first-order valence-electron chi connectivity index (χ1n) is 4.86. The zero-order chi connectivity index (χ0) is 11.3. The van der Waals surface area contributed by atoms with E-state index in [9.17, 15) is 0 Å². The fraction of sp³-hybridized carbons (Fsp3) is 0.455. The molecule has 0 amide bonds. The molecule has 0 spiro atoms. The van der Waals surface area contributed by atoms with Crippen molar-refractivity contribution in [3.8, 4) is 11.5 Å². The molecule has 4 heteroatoms. The molecule has 1 rings (SSSR count). The lowest BCUT2D eigenvalue weighted by Crippen LogP contribution is -2.00. The van der Waals surface area contributed by atoms with Crippen molar-refractivity contribution in [1.82, 2.24) is 0 Å². The lowest BCUT2D eigenvalue weighted by molar-refractivity contribution is 0.286. The topological polar surface area (TPSA) is 18.5 Å². The van der Waals surface area contributed by atoms with Crippen LogP contribution in [-0.4, -0.2) is 13.2 Å². The van der Waals surface area contributed by atoms with Gasteiger partial charge in [0.2, 0.25) is 0 Å². The maximum atomic E-state index is 5.54. The first-order valence-corrected chi connectivity index (χ1v) is 6.78. The van der Waals surface area contributed by atoms with Gasteiger partial charge in [0.05, 0.1) is 17.7 Å². The van der Waals surface area contributed by atoms with E-state index in [1.807, 2.05) is 26.0 Å². The molecule has 0 saturated heterocycles. The summed E-state index contributed by atoms with van der Waals surface area (Å²) in [6.45, 7) is 5.19. The van der Waals surface area contributed by atoms with Crippen molar-refractivity contribution in [2.45, 2.75) is 19.2 Å². The van der Waals surface area contributed by atoms with Crippen LogP contribution in [0.25, 0.3) is 0 Å². The van der Waals surface area contributed by atoms with Crippen molar-refractivity contribution in [3.63, 3.8) is 0 Å². The highest BCUT2D eigenvalue weighted by Crippen LogP contribution is 2.37. The Balaban J connectivity index is 3.10. The van der Waals surface area contributed by atoms with Gasteiger partial charge in [-0.1, -0.05) is 15.9 Å². The molecular formula is C11H14Br2O2. The minimum atomic E-state index is 0.631. The number of benzene rings is 1. The van der Waals surface area contributed by atoms with Crippen molar-refractivity contribution in [3.05, 3.63) is 22.2 Å². The summed E-state index contributed by atoms with van der Waals surface area (Å²) in [5, 5.41) is 0.804.